The first-order valence-corrected chi connectivity index (χ1v) is 11.4. The summed E-state index contributed by atoms with van der Waals surface area (Å²) in [5.74, 6) is 0.730. The minimum Gasteiger partial charge on any atom is -0.491 e. The summed E-state index contributed by atoms with van der Waals surface area (Å²) in [5.41, 5.74) is 1.50. The van der Waals surface area contributed by atoms with E-state index in [0.29, 0.717) is 29.1 Å². The van der Waals surface area contributed by atoms with Gasteiger partial charge in [0, 0.05) is 4.88 Å². The number of fused-ring (bicyclic) bond motifs is 3. The molecule has 0 amide bonds. The molecule has 0 bridgehead atoms. The number of carbonyl (C=O) groups excluding carboxylic acids is 1. The van der Waals surface area contributed by atoms with E-state index in [-0.39, 0.29) is 24.7 Å². The Kier molecular flexibility index (Phi) is 6.38. The first-order chi connectivity index (χ1) is 15.0. The van der Waals surface area contributed by atoms with Crippen LogP contribution in [0.4, 0.5) is 0 Å². The van der Waals surface area contributed by atoms with Gasteiger partial charge in [0.15, 0.2) is 0 Å². The Morgan fingerprint density at radius 1 is 1.26 bits per heavy atom. The highest BCUT2D eigenvalue weighted by molar-refractivity contribution is 7.18. The number of hydrogen-bond acceptors (Lipinski definition) is 7. The van der Waals surface area contributed by atoms with Crippen LogP contribution in [0.25, 0.3) is 10.2 Å². The zero-order valence-electron chi connectivity index (χ0n) is 17.7. The number of benzene rings is 1. The summed E-state index contributed by atoms with van der Waals surface area (Å²) in [6.45, 7) is 3.99. The number of rotatable bonds is 7. The average molecular weight is 443 g/mol. The quantitative estimate of drug-likeness (QED) is 0.565. The highest BCUT2D eigenvalue weighted by atomic mass is 32.1. The summed E-state index contributed by atoms with van der Waals surface area (Å²) in [4.78, 5) is 31.6. The van der Waals surface area contributed by atoms with E-state index in [1.54, 1.807) is 54.0 Å². The number of aliphatic hydroxyl groups is 1. The Morgan fingerprint density at radius 2 is 2.00 bits per heavy atom. The minimum absolute atomic E-state index is 0.0183. The van der Waals surface area contributed by atoms with Crippen molar-refractivity contribution in [2.45, 2.75) is 52.2 Å². The van der Waals surface area contributed by atoms with Crippen LogP contribution in [0.1, 0.15) is 46.4 Å². The fraction of sp³-hybridized carbons (Fsp3) is 0.435. The zero-order chi connectivity index (χ0) is 22.0. The lowest BCUT2D eigenvalue weighted by Gasteiger charge is -2.16. The number of thiophene rings is 1. The molecular weight excluding hydrogens is 416 g/mol. The summed E-state index contributed by atoms with van der Waals surface area (Å²) < 4.78 is 12.1. The molecule has 1 aliphatic rings. The molecule has 1 atom stereocenters. The van der Waals surface area contributed by atoms with E-state index in [0.717, 1.165) is 36.1 Å². The molecule has 2 heterocycles. The van der Waals surface area contributed by atoms with E-state index in [1.807, 2.05) is 0 Å². The summed E-state index contributed by atoms with van der Waals surface area (Å²) in [6, 6.07) is 6.54. The smallest absolute Gasteiger partial charge is 0.338 e. The molecule has 0 saturated heterocycles. The van der Waals surface area contributed by atoms with Crippen molar-refractivity contribution in [1.29, 1.82) is 0 Å². The molecule has 1 unspecified atom stereocenters. The maximum Gasteiger partial charge on any atom is 0.338 e. The second kappa shape index (κ2) is 9.20. The third-order valence-electron chi connectivity index (χ3n) is 5.47. The molecule has 1 N–H and O–H groups in total. The van der Waals surface area contributed by atoms with Crippen molar-refractivity contribution < 1.29 is 19.4 Å². The van der Waals surface area contributed by atoms with Gasteiger partial charge in [-0.1, -0.05) is 0 Å². The topological polar surface area (TPSA) is 90.7 Å². The van der Waals surface area contributed by atoms with Gasteiger partial charge in [-0.2, -0.15) is 0 Å². The molecule has 1 aromatic carbocycles. The first-order valence-electron chi connectivity index (χ1n) is 10.6. The normalized spacial score (nSPS) is 14.3. The highest BCUT2D eigenvalue weighted by Crippen LogP contribution is 2.33. The standard InChI is InChI=1S/C23H26N2O5S/c1-3-29-23(28)15-8-10-17(11-9-15)30-13-16(26)12-25-14(2)24-21-20(22(25)27)18-6-4-5-7-19(18)31-21/h8-11,16,26H,3-7,12-13H2,1-2H3. The Balaban J connectivity index is 1.45. The molecule has 0 spiro atoms. The van der Waals surface area contributed by atoms with Crippen LogP contribution in [0.15, 0.2) is 29.1 Å². The third kappa shape index (κ3) is 4.50. The van der Waals surface area contributed by atoms with Crippen molar-refractivity contribution in [2.75, 3.05) is 13.2 Å². The lowest BCUT2D eigenvalue weighted by atomic mass is 9.97. The van der Waals surface area contributed by atoms with Crippen molar-refractivity contribution in [3.8, 4) is 5.75 Å². The van der Waals surface area contributed by atoms with Crippen LogP contribution in [-0.2, 0) is 24.1 Å². The van der Waals surface area contributed by atoms with Crippen molar-refractivity contribution in [1.82, 2.24) is 9.55 Å². The van der Waals surface area contributed by atoms with Gasteiger partial charge in [-0.05, 0) is 69.4 Å². The maximum atomic E-state index is 13.2. The Labute approximate surface area is 184 Å². The van der Waals surface area contributed by atoms with Crippen LogP contribution in [0.3, 0.4) is 0 Å². The van der Waals surface area contributed by atoms with E-state index >= 15 is 0 Å². The summed E-state index contributed by atoms with van der Waals surface area (Å²) in [7, 11) is 0. The largest absolute Gasteiger partial charge is 0.491 e. The van der Waals surface area contributed by atoms with Gasteiger partial charge in [0.25, 0.3) is 5.56 Å². The summed E-state index contributed by atoms with van der Waals surface area (Å²) in [6.07, 6.45) is 3.31. The number of esters is 1. The van der Waals surface area contributed by atoms with Crippen molar-refractivity contribution >= 4 is 27.5 Å². The molecule has 0 radical (unpaired) electrons. The van der Waals surface area contributed by atoms with Crippen LogP contribution in [0.2, 0.25) is 0 Å². The van der Waals surface area contributed by atoms with E-state index in [4.69, 9.17) is 9.47 Å². The number of nitrogens with zero attached hydrogens (tertiary/aromatic N) is 2. The van der Waals surface area contributed by atoms with Crippen LogP contribution in [0, 0.1) is 6.92 Å². The first kappa shape index (κ1) is 21.5. The molecule has 7 nitrogen and oxygen atoms in total. The van der Waals surface area contributed by atoms with Gasteiger partial charge >= 0.3 is 5.97 Å². The summed E-state index contributed by atoms with van der Waals surface area (Å²) in [5, 5.41) is 11.2. The molecule has 8 heteroatoms. The number of aromatic nitrogens is 2. The second-order valence-electron chi connectivity index (χ2n) is 7.68. The van der Waals surface area contributed by atoms with Crippen molar-refractivity contribution in [3.05, 3.63) is 56.4 Å². The molecule has 31 heavy (non-hydrogen) atoms. The molecule has 0 saturated carbocycles. The molecule has 1 aliphatic carbocycles. The Bertz CT molecular complexity index is 1150. The van der Waals surface area contributed by atoms with Gasteiger partial charge in [-0.3, -0.25) is 9.36 Å². The van der Waals surface area contributed by atoms with Crippen molar-refractivity contribution in [2.24, 2.45) is 0 Å². The van der Waals surface area contributed by atoms with Gasteiger partial charge in [0.1, 0.15) is 29.1 Å². The van der Waals surface area contributed by atoms with E-state index in [1.165, 1.54) is 4.88 Å². The van der Waals surface area contributed by atoms with Gasteiger partial charge < -0.3 is 14.6 Å². The minimum atomic E-state index is -0.880. The fourth-order valence-electron chi connectivity index (χ4n) is 3.91. The Morgan fingerprint density at radius 3 is 2.74 bits per heavy atom. The lowest BCUT2D eigenvalue weighted by Crippen LogP contribution is -2.32. The zero-order valence-corrected chi connectivity index (χ0v) is 18.5. The van der Waals surface area contributed by atoms with Crippen LogP contribution in [-0.4, -0.2) is 39.9 Å². The molecular formula is C23H26N2O5S. The van der Waals surface area contributed by atoms with Gasteiger partial charge in [-0.25, -0.2) is 9.78 Å². The molecule has 4 rings (SSSR count). The summed E-state index contributed by atoms with van der Waals surface area (Å²) >= 11 is 1.62. The predicted octanol–water partition coefficient (Wildman–Crippen LogP) is 3.26. The molecule has 0 fully saturated rings. The maximum absolute atomic E-state index is 13.2. The number of ether oxygens (including phenoxy) is 2. The molecule has 0 aliphatic heterocycles. The number of aliphatic hydroxyl groups excluding tert-OH is 1. The Hall–Kier alpha value is -2.71. The second-order valence-corrected chi connectivity index (χ2v) is 8.76. The average Bonchev–Trinajstić information content (AvgIpc) is 3.14. The van der Waals surface area contributed by atoms with Crippen LogP contribution < -0.4 is 10.3 Å². The SMILES string of the molecule is CCOC(=O)c1ccc(OCC(O)Cn2c(C)nc3sc4c(c3c2=O)CCCC4)cc1. The number of carbonyl (C=O) groups is 1. The lowest BCUT2D eigenvalue weighted by molar-refractivity contribution is 0.0526. The fourth-order valence-corrected chi connectivity index (χ4v) is 5.21. The monoisotopic (exact) mass is 442 g/mol. The van der Waals surface area contributed by atoms with Crippen LogP contribution >= 0.6 is 11.3 Å². The highest BCUT2D eigenvalue weighted by Gasteiger charge is 2.22. The molecule has 2 aromatic heterocycles. The predicted molar refractivity (Wildman–Crippen MR) is 119 cm³/mol. The van der Waals surface area contributed by atoms with Crippen LogP contribution in [0.5, 0.6) is 5.75 Å². The number of hydrogen-bond donors (Lipinski definition) is 1. The van der Waals surface area contributed by atoms with Gasteiger partial charge in [0.05, 0.1) is 24.1 Å². The number of aryl methyl sites for hydroxylation is 3. The van der Waals surface area contributed by atoms with E-state index in [2.05, 4.69) is 4.98 Å². The molecule has 164 valence electrons. The van der Waals surface area contributed by atoms with E-state index in [9.17, 15) is 14.7 Å². The molecule has 3 aromatic rings. The van der Waals surface area contributed by atoms with Gasteiger partial charge in [-0.15, -0.1) is 11.3 Å². The van der Waals surface area contributed by atoms with Gasteiger partial charge in [0.2, 0.25) is 0 Å². The van der Waals surface area contributed by atoms with E-state index < -0.39 is 6.10 Å². The van der Waals surface area contributed by atoms with Crippen molar-refractivity contribution in [3.63, 3.8) is 0 Å². The third-order valence-corrected chi connectivity index (χ3v) is 6.65.